The highest BCUT2D eigenvalue weighted by Crippen LogP contribution is 1.85. The first-order chi connectivity index (χ1) is 5.97. The number of carbonyl (C=O) groups excluding carboxylic acids is 2. The first kappa shape index (κ1) is 11.4. The molecular weight excluding hydrogens is 176 g/mol. The van der Waals surface area contributed by atoms with Gasteiger partial charge in [-0.25, -0.2) is 0 Å². The van der Waals surface area contributed by atoms with E-state index >= 15 is 0 Å². The Balaban J connectivity index is 3.91. The molecule has 0 heterocycles. The van der Waals surface area contributed by atoms with E-state index in [9.17, 15) is 14.4 Å². The zero-order chi connectivity index (χ0) is 10.4. The van der Waals surface area contributed by atoms with Crippen molar-refractivity contribution >= 4 is 17.8 Å². The summed E-state index contributed by atoms with van der Waals surface area (Å²) in [6.45, 7) is 1.47. The molecule has 0 bridgehead atoms. The minimum absolute atomic E-state index is 0.362. The Morgan fingerprint density at radius 3 is 2.31 bits per heavy atom. The topological polar surface area (TPSA) is 95.5 Å². The maximum atomic E-state index is 10.9. The summed E-state index contributed by atoms with van der Waals surface area (Å²) < 4.78 is 0. The highest BCUT2D eigenvalue weighted by molar-refractivity contribution is 5.95. The number of aliphatic carboxylic acids is 1. The maximum Gasteiger partial charge on any atom is 0.312 e. The summed E-state index contributed by atoms with van der Waals surface area (Å²) in [6, 6.07) is -0.711. The molecule has 0 aromatic rings. The molecule has 0 aromatic carbocycles. The summed E-state index contributed by atoms with van der Waals surface area (Å²) in [4.78, 5) is 31.7. The second-order valence-corrected chi connectivity index (χ2v) is 2.47. The number of rotatable bonds is 4. The highest BCUT2D eigenvalue weighted by Gasteiger charge is 2.15. The van der Waals surface area contributed by atoms with Crippen molar-refractivity contribution in [3.05, 3.63) is 0 Å². The second-order valence-electron chi connectivity index (χ2n) is 2.47. The van der Waals surface area contributed by atoms with Gasteiger partial charge in [0.1, 0.15) is 12.5 Å². The third kappa shape index (κ3) is 4.78. The fourth-order valence-corrected chi connectivity index (χ4v) is 0.712. The molecule has 0 aliphatic heterocycles. The van der Waals surface area contributed by atoms with E-state index in [2.05, 4.69) is 10.6 Å². The largest absolute Gasteiger partial charge is 0.481 e. The Morgan fingerprint density at radius 1 is 1.38 bits per heavy atom. The first-order valence-corrected chi connectivity index (χ1v) is 3.70. The van der Waals surface area contributed by atoms with E-state index in [1.807, 2.05) is 0 Å². The van der Waals surface area contributed by atoms with Crippen LogP contribution < -0.4 is 10.6 Å². The van der Waals surface area contributed by atoms with E-state index in [1.165, 1.54) is 14.0 Å². The number of carboxylic acids is 1. The second kappa shape index (κ2) is 5.13. The molecule has 74 valence electrons. The van der Waals surface area contributed by atoms with Crippen LogP contribution in [-0.2, 0) is 14.4 Å². The van der Waals surface area contributed by atoms with Gasteiger partial charge in [-0.3, -0.25) is 14.4 Å². The van der Waals surface area contributed by atoms with E-state index in [0.29, 0.717) is 0 Å². The maximum absolute atomic E-state index is 10.9. The molecule has 0 saturated heterocycles. The van der Waals surface area contributed by atoms with E-state index in [4.69, 9.17) is 5.11 Å². The molecule has 0 aromatic heterocycles. The van der Waals surface area contributed by atoms with Crippen LogP contribution in [0.2, 0.25) is 0 Å². The molecule has 6 heteroatoms. The van der Waals surface area contributed by atoms with Gasteiger partial charge in [-0.05, 0) is 6.92 Å². The molecule has 0 radical (unpaired) electrons. The van der Waals surface area contributed by atoms with E-state index in [-0.39, 0.29) is 5.91 Å². The summed E-state index contributed by atoms with van der Waals surface area (Å²) in [5.74, 6) is -2.26. The Hall–Kier alpha value is -1.59. The predicted molar refractivity (Wildman–Crippen MR) is 43.9 cm³/mol. The van der Waals surface area contributed by atoms with E-state index in [1.54, 1.807) is 0 Å². The lowest BCUT2D eigenvalue weighted by atomic mass is 10.3. The average molecular weight is 188 g/mol. The molecule has 6 nitrogen and oxygen atoms in total. The number of likely N-dealkylation sites (N-methyl/N-ethyl adjacent to an activating group) is 1. The molecule has 0 fully saturated rings. The van der Waals surface area contributed by atoms with Crippen LogP contribution in [0, 0.1) is 0 Å². The molecular formula is C7H12N2O4. The molecule has 13 heavy (non-hydrogen) atoms. The van der Waals surface area contributed by atoms with Crippen LogP contribution >= 0.6 is 0 Å². The van der Waals surface area contributed by atoms with Gasteiger partial charge in [0.2, 0.25) is 11.8 Å². The Labute approximate surface area is 75.3 Å². The Morgan fingerprint density at radius 2 is 1.92 bits per heavy atom. The number of hydrogen-bond donors (Lipinski definition) is 3. The van der Waals surface area contributed by atoms with Gasteiger partial charge >= 0.3 is 5.97 Å². The SMILES string of the molecule is CNC(=O)C(C)NC(=O)CC(=O)O. The number of carboxylic acid groups (broad SMARTS) is 1. The van der Waals surface area contributed by atoms with Crippen molar-refractivity contribution in [2.45, 2.75) is 19.4 Å². The summed E-state index contributed by atoms with van der Waals surface area (Å²) in [6.07, 6.45) is -0.624. The minimum Gasteiger partial charge on any atom is -0.481 e. The summed E-state index contributed by atoms with van der Waals surface area (Å²) in [7, 11) is 1.43. The summed E-state index contributed by atoms with van der Waals surface area (Å²) >= 11 is 0. The fourth-order valence-electron chi connectivity index (χ4n) is 0.712. The third-order valence-corrected chi connectivity index (χ3v) is 1.33. The van der Waals surface area contributed by atoms with Gasteiger partial charge < -0.3 is 15.7 Å². The molecule has 0 rings (SSSR count). The molecule has 3 N–H and O–H groups in total. The molecule has 1 atom stereocenters. The van der Waals surface area contributed by atoms with Crippen LogP contribution in [0.1, 0.15) is 13.3 Å². The van der Waals surface area contributed by atoms with Gasteiger partial charge in [0.15, 0.2) is 0 Å². The molecule has 2 amide bonds. The molecule has 1 unspecified atom stereocenters. The van der Waals surface area contributed by atoms with Crippen molar-refractivity contribution in [1.29, 1.82) is 0 Å². The lowest BCUT2D eigenvalue weighted by Crippen LogP contribution is -2.44. The number of hydrogen-bond acceptors (Lipinski definition) is 3. The fraction of sp³-hybridized carbons (Fsp3) is 0.571. The average Bonchev–Trinajstić information content (AvgIpc) is 2.01. The van der Waals surface area contributed by atoms with Crippen LogP contribution in [-0.4, -0.2) is 36.0 Å². The first-order valence-electron chi connectivity index (χ1n) is 3.70. The van der Waals surface area contributed by atoms with Gasteiger partial charge in [-0.1, -0.05) is 0 Å². The molecule has 0 saturated carbocycles. The van der Waals surface area contributed by atoms with Crippen molar-refractivity contribution in [2.24, 2.45) is 0 Å². The third-order valence-electron chi connectivity index (χ3n) is 1.33. The Kier molecular flexibility index (Phi) is 4.50. The quantitative estimate of drug-likeness (QED) is 0.478. The van der Waals surface area contributed by atoms with E-state index in [0.717, 1.165) is 0 Å². The van der Waals surface area contributed by atoms with Crippen LogP contribution in [0.3, 0.4) is 0 Å². The predicted octanol–water partition coefficient (Wildman–Crippen LogP) is -1.29. The number of nitrogens with one attached hydrogen (secondary N) is 2. The lowest BCUT2D eigenvalue weighted by molar-refractivity contribution is -0.141. The lowest BCUT2D eigenvalue weighted by Gasteiger charge is -2.10. The van der Waals surface area contributed by atoms with Crippen LogP contribution in [0.25, 0.3) is 0 Å². The van der Waals surface area contributed by atoms with Gasteiger partial charge in [0.25, 0.3) is 0 Å². The molecule has 0 aliphatic carbocycles. The van der Waals surface area contributed by atoms with E-state index < -0.39 is 24.3 Å². The van der Waals surface area contributed by atoms with Crippen molar-refractivity contribution in [1.82, 2.24) is 10.6 Å². The van der Waals surface area contributed by atoms with Crippen LogP contribution in [0.4, 0.5) is 0 Å². The zero-order valence-electron chi connectivity index (χ0n) is 7.46. The van der Waals surface area contributed by atoms with Crippen molar-refractivity contribution in [3.63, 3.8) is 0 Å². The van der Waals surface area contributed by atoms with Gasteiger partial charge in [0, 0.05) is 7.05 Å². The minimum atomic E-state index is -1.22. The van der Waals surface area contributed by atoms with Gasteiger partial charge in [-0.2, -0.15) is 0 Å². The van der Waals surface area contributed by atoms with Crippen LogP contribution in [0.15, 0.2) is 0 Å². The molecule has 0 spiro atoms. The van der Waals surface area contributed by atoms with Crippen molar-refractivity contribution < 1.29 is 19.5 Å². The monoisotopic (exact) mass is 188 g/mol. The zero-order valence-corrected chi connectivity index (χ0v) is 7.46. The molecule has 0 aliphatic rings. The normalized spacial score (nSPS) is 11.5. The van der Waals surface area contributed by atoms with Crippen molar-refractivity contribution in [2.75, 3.05) is 7.05 Å². The Bertz CT molecular complexity index is 227. The van der Waals surface area contributed by atoms with Gasteiger partial charge in [0.05, 0.1) is 0 Å². The smallest absolute Gasteiger partial charge is 0.312 e. The highest BCUT2D eigenvalue weighted by atomic mass is 16.4. The number of carbonyl (C=O) groups is 3. The summed E-state index contributed by atoms with van der Waals surface area (Å²) in [5.41, 5.74) is 0. The van der Waals surface area contributed by atoms with Crippen molar-refractivity contribution in [3.8, 4) is 0 Å². The standard InChI is InChI=1S/C7H12N2O4/c1-4(7(13)8-2)9-5(10)3-6(11)12/h4H,3H2,1-2H3,(H,8,13)(H,9,10)(H,11,12). The summed E-state index contributed by atoms with van der Waals surface area (Å²) in [5, 5.41) is 12.8. The van der Waals surface area contributed by atoms with Gasteiger partial charge in [-0.15, -0.1) is 0 Å². The van der Waals surface area contributed by atoms with Crippen LogP contribution in [0.5, 0.6) is 0 Å². The number of amides is 2.